The Hall–Kier alpha value is -2.37. The van der Waals surface area contributed by atoms with Crippen molar-refractivity contribution in [3.8, 4) is 5.75 Å². The number of hydrogen-bond acceptors (Lipinski definition) is 4. The second-order valence-corrected chi connectivity index (χ2v) is 7.65. The van der Waals surface area contributed by atoms with E-state index in [2.05, 4.69) is 5.32 Å². The number of nitrogens with one attached hydrogen (secondary N) is 1. The van der Waals surface area contributed by atoms with Gasteiger partial charge in [0.05, 0.1) is 12.5 Å². The van der Waals surface area contributed by atoms with E-state index in [1.54, 1.807) is 31.4 Å². The molecule has 3 rings (SSSR count). The molecule has 1 heterocycles. The molecule has 2 unspecified atom stereocenters. The van der Waals surface area contributed by atoms with Crippen LogP contribution in [0.4, 0.5) is 5.69 Å². The summed E-state index contributed by atoms with van der Waals surface area (Å²) in [4.78, 5) is 39.1. The monoisotopic (exact) mass is 344 g/mol. The molecular weight excluding hydrogens is 320 g/mol. The van der Waals surface area contributed by atoms with Crippen LogP contribution >= 0.6 is 0 Å². The first-order chi connectivity index (χ1) is 11.7. The number of imide groups is 1. The Balaban J connectivity index is 1.73. The first-order valence-corrected chi connectivity index (χ1v) is 8.50. The molecule has 6 nitrogen and oxygen atoms in total. The van der Waals surface area contributed by atoms with Gasteiger partial charge in [-0.05, 0) is 42.5 Å². The number of carbonyl (C=O) groups excluding carboxylic acids is 3. The third kappa shape index (κ3) is 2.60. The van der Waals surface area contributed by atoms with Crippen molar-refractivity contribution in [3.63, 3.8) is 0 Å². The van der Waals surface area contributed by atoms with E-state index in [1.807, 2.05) is 20.8 Å². The van der Waals surface area contributed by atoms with Gasteiger partial charge in [0.25, 0.3) is 0 Å². The van der Waals surface area contributed by atoms with E-state index in [9.17, 15) is 14.4 Å². The lowest BCUT2D eigenvalue weighted by Gasteiger charge is -2.47. The first-order valence-electron chi connectivity index (χ1n) is 8.50. The number of nitrogens with zero attached hydrogens (tertiary/aromatic N) is 1. The van der Waals surface area contributed by atoms with Gasteiger partial charge in [-0.15, -0.1) is 0 Å². The summed E-state index contributed by atoms with van der Waals surface area (Å²) >= 11 is 0. The molecule has 2 bridgehead atoms. The Morgan fingerprint density at radius 1 is 1.24 bits per heavy atom. The fourth-order valence-electron chi connectivity index (χ4n) is 4.07. The molecule has 0 spiro atoms. The van der Waals surface area contributed by atoms with Crippen LogP contribution in [-0.2, 0) is 14.4 Å². The smallest absolute Gasteiger partial charge is 0.244 e. The van der Waals surface area contributed by atoms with Crippen molar-refractivity contribution < 1.29 is 19.1 Å². The highest BCUT2D eigenvalue weighted by atomic mass is 16.5. The van der Waals surface area contributed by atoms with Gasteiger partial charge >= 0.3 is 0 Å². The number of likely N-dealkylation sites (tertiary alicyclic amines) is 1. The van der Waals surface area contributed by atoms with Crippen LogP contribution in [0.2, 0.25) is 0 Å². The number of anilines is 1. The van der Waals surface area contributed by atoms with E-state index < -0.39 is 5.41 Å². The van der Waals surface area contributed by atoms with E-state index in [4.69, 9.17) is 4.74 Å². The average molecular weight is 344 g/mol. The van der Waals surface area contributed by atoms with Crippen molar-refractivity contribution >= 4 is 23.4 Å². The van der Waals surface area contributed by atoms with Gasteiger partial charge in [0, 0.05) is 11.6 Å². The topological polar surface area (TPSA) is 75.7 Å². The van der Waals surface area contributed by atoms with Crippen molar-refractivity contribution in [2.24, 2.45) is 16.7 Å². The number of ether oxygens (including phenoxy) is 1. The minimum Gasteiger partial charge on any atom is -0.497 e. The molecule has 0 aromatic heterocycles. The minimum absolute atomic E-state index is 0.205. The normalized spacial score (nSPS) is 27.4. The van der Waals surface area contributed by atoms with Crippen LogP contribution in [0.5, 0.6) is 5.75 Å². The quantitative estimate of drug-likeness (QED) is 0.851. The average Bonchev–Trinajstić information content (AvgIpc) is 2.77. The second kappa shape index (κ2) is 5.86. The summed E-state index contributed by atoms with van der Waals surface area (Å²) in [7, 11) is 1.57. The molecule has 2 aliphatic rings. The zero-order valence-electron chi connectivity index (χ0n) is 15.1. The predicted octanol–water partition coefficient (Wildman–Crippen LogP) is 2.45. The minimum atomic E-state index is -0.591. The fourth-order valence-corrected chi connectivity index (χ4v) is 4.07. The van der Waals surface area contributed by atoms with E-state index in [-0.39, 0.29) is 35.6 Å². The number of hydrogen-bond donors (Lipinski definition) is 1. The molecular formula is C19H24N2O4. The van der Waals surface area contributed by atoms with Crippen molar-refractivity contribution in [1.82, 2.24) is 4.90 Å². The van der Waals surface area contributed by atoms with E-state index in [0.717, 1.165) is 4.90 Å². The van der Waals surface area contributed by atoms with E-state index >= 15 is 0 Å². The molecule has 1 saturated carbocycles. The summed E-state index contributed by atoms with van der Waals surface area (Å²) in [6.07, 6.45) is 1.39. The van der Waals surface area contributed by atoms with Crippen LogP contribution < -0.4 is 10.1 Å². The van der Waals surface area contributed by atoms with Gasteiger partial charge < -0.3 is 10.1 Å². The lowest BCUT2D eigenvalue weighted by Crippen LogP contribution is -2.60. The highest BCUT2D eigenvalue weighted by molar-refractivity contribution is 6.07. The van der Waals surface area contributed by atoms with Gasteiger partial charge in [0.15, 0.2) is 0 Å². The summed E-state index contributed by atoms with van der Waals surface area (Å²) in [6.45, 7) is 5.63. The summed E-state index contributed by atoms with van der Waals surface area (Å²) < 4.78 is 5.07. The van der Waals surface area contributed by atoms with Crippen molar-refractivity contribution in [2.75, 3.05) is 19.0 Å². The molecule has 1 saturated heterocycles. The van der Waals surface area contributed by atoms with Gasteiger partial charge in [-0.3, -0.25) is 19.3 Å². The zero-order valence-corrected chi connectivity index (χ0v) is 15.1. The highest BCUT2D eigenvalue weighted by Gasteiger charge is 2.64. The van der Waals surface area contributed by atoms with Crippen molar-refractivity contribution in [2.45, 2.75) is 33.6 Å². The molecule has 6 heteroatoms. The predicted molar refractivity (Wildman–Crippen MR) is 93.0 cm³/mol. The maximum Gasteiger partial charge on any atom is 0.244 e. The first kappa shape index (κ1) is 17.5. The standard InChI is InChI=1S/C19H24N2O4/c1-18(2)14-9-10-19(18,3)17(24)21(16(14)23)11-15(22)20-12-5-7-13(25-4)8-6-12/h5-8,14H,9-11H2,1-4H3,(H,20,22). The van der Waals surface area contributed by atoms with Gasteiger partial charge in [0.2, 0.25) is 17.7 Å². The number of piperidine rings is 1. The highest BCUT2D eigenvalue weighted by Crippen LogP contribution is 2.59. The van der Waals surface area contributed by atoms with E-state index in [0.29, 0.717) is 24.3 Å². The summed E-state index contributed by atoms with van der Waals surface area (Å²) in [5.41, 5.74) is -0.368. The Labute approximate surface area is 147 Å². The lowest BCUT2D eigenvalue weighted by atomic mass is 9.62. The Morgan fingerprint density at radius 2 is 1.88 bits per heavy atom. The lowest BCUT2D eigenvalue weighted by molar-refractivity contribution is -0.168. The number of methoxy groups -OCH3 is 1. The van der Waals surface area contributed by atoms with Crippen LogP contribution in [0, 0.1) is 16.7 Å². The molecule has 3 amide bonds. The molecule has 1 aliphatic heterocycles. The molecule has 1 aliphatic carbocycles. The maximum absolute atomic E-state index is 12.9. The van der Waals surface area contributed by atoms with Gasteiger partial charge in [-0.25, -0.2) is 0 Å². The zero-order chi connectivity index (χ0) is 18.4. The number of amides is 3. The van der Waals surface area contributed by atoms with Crippen molar-refractivity contribution in [3.05, 3.63) is 24.3 Å². The summed E-state index contributed by atoms with van der Waals surface area (Å²) in [5, 5.41) is 2.72. The van der Waals surface area contributed by atoms with Crippen LogP contribution in [0.1, 0.15) is 33.6 Å². The largest absolute Gasteiger partial charge is 0.497 e. The van der Waals surface area contributed by atoms with Crippen LogP contribution in [-0.4, -0.2) is 36.3 Å². The number of carbonyl (C=O) groups is 3. The Bertz CT molecular complexity index is 725. The fraction of sp³-hybridized carbons (Fsp3) is 0.526. The Kier molecular flexibility index (Phi) is 4.09. The van der Waals surface area contributed by atoms with Crippen molar-refractivity contribution in [1.29, 1.82) is 0 Å². The molecule has 2 fully saturated rings. The summed E-state index contributed by atoms with van der Waals surface area (Å²) in [5.74, 6) is -0.360. The maximum atomic E-state index is 12.9. The molecule has 134 valence electrons. The van der Waals surface area contributed by atoms with Crippen LogP contribution in [0.15, 0.2) is 24.3 Å². The van der Waals surface area contributed by atoms with E-state index in [1.165, 1.54) is 0 Å². The second-order valence-electron chi connectivity index (χ2n) is 7.65. The Morgan fingerprint density at radius 3 is 2.48 bits per heavy atom. The molecule has 1 N–H and O–H groups in total. The molecule has 1 aromatic rings. The van der Waals surface area contributed by atoms with Gasteiger partial charge in [-0.1, -0.05) is 20.8 Å². The van der Waals surface area contributed by atoms with Gasteiger partial charge in [0.1, 0.15) is 12.3 Å². The van der Waals surface area contributed by atoms with Gasteiger partial charge in [-0.2, -0.15) is 0 Å². The number of fused-ring (bicyclic) bond motifs is 2. The third-order valence-electron chi connectivity index (χ3n) is 6.18. The number of benzene rings is 1. The molecule has 1 aromatic carbocycles. The number of rotatable bonds is 4. The third-order valence-corrected chi connectivity index (χ3v) is 6.18. The molecule has 25 heavy (non-hydrogen) atoms. The van der Waals surface area contributed by atoms with Crippen LogP contribution in [0.25, 0.3) is 0 Å². The van der Waals surface area contributed by atoms with Crippen LogP contribution in [0.3, 0.4) is 0 Å². The molecule has 2 atom stereocenters. The SMILES string of the molecule is COc1ccc(NC(=O)CN2C(=O)C3CCC(C)(C2=O)C3(C)C)cc1. The molecule has 0 radical (unpaired) electrons. The summed E-state index contributed by atoms with van der Waals surface area (Å²) in [6, 6.07) is 6.89.